The van der Waals surface area contributed by atoms with Gasteiger partial charge < -0.3 is 9.68 Å². The molecule has 1 heterocycles. The van der Waals surface area contributed by atoms with Crippen LogP contribution in [0.5, 0.6) is 0 Å². The Morgan fingerprint density at radius 1 is 1.28 bits per heavy atom. The highest BCUT2D eigenvalue weighted by atomic mass is 32.2. The number of sulfone groups is 1. The standard InChI is InChI=1S/C17H16BFO5S/c1-25(22,23)13-5-2-11(3-6-13)4-7-17(20)14-9-15-12(8-16(14)19)10-24-18(15)21/h2-3,5-6,8-9,21H,4,7,10H2,1H3. The summed E-state index contributed by atoms with van der Waals surface area (Å²) in [7, 11) is -4.40. The summed E-state index contributed by atoms with van der Waals surface area (Å²) in [4.78, 5) is 12.5. The number of benzene rings is 2. The molecule has 8 heteroatoms. The van der Waals surface area contributed by atoms with Gasteiger partial charge in [-0.25, -0.2) is 12.8 Å². The van der Waals surface area contributed by atoms with Crippen molar-refractivity contribution in [2.45, 2.75) is 24.3 Å². The topological polar surface area (TPSA) is 80.7 Å². The third kappa shape index (κ3) is 3.81. The van der Waals surface area contributed by atoms with Crippen LogP contribution in [-0.4, -0.2) is 32.6 Å². The summed E-state index contributed by atoms with van der Waals surface area (Å²) in [5.41, 5.74) is 1.67. The lowest BCUT2D eigenvalue weighted by molar-refractivity contribution is 0.0979. The van der Waals surface area contributed by atoms with Crippen LogP contribution in [-0.2, 0) is 27.5 Å². The zero-order chi connectivity index (χ0) is 18.2. The average molecular weight is 362 g/mol. The van der Waals surface area contributed by atoms with Gasteiger partial charge in [-0.15, -0.1) is 0 Å². The highest BCUT2D eigenvalue weighted by Crippen LogP contribution is 2.18. The molecule has 0 aliphatic carbocycles. The van der Waals surface area contributed by atoms with Gasteiger partial charge in [0.05, 0.1) is 17.1 Å². The smallest absolute Gasteiger partial charge is 0.423 e. The van der Waals surface area contributed by atoms with Crippen LogP contribution in [0.4, 0.5) is 4.39 Å². The predicted octanol–water partition coefficient (Wildman–Crippen LogP) is 1.26. The number of Topliss-reactive ketones (excluding diaryl/α,β-unsaturated/α-hetero) is 1. The zero-order valence-corrected chi connectivity index (χ0v) is 14.3. The summed E-state index contributed by atoms with van der Waals surface area (Å²) in [5, 5.41) is 9.67. The number of fused-ring (bicyclic) bond motifs is 1. The molecule has 0 saturated heterocycles. The lowest BCUT2D eigenvalue weighted by Gasteiger charge is -2.07. The van der Waals surface area contributed by atoms with E-state index in [2.05, 4.69) is 0 Å². The van der Waals surface area contributed by atoms with Gasteiger partial charge in [0.25, 0.3) is 0 Å². The van der Waals surface area contributed by atoms with E-state index in [1.165, 1.54) is 24.3 Å². The van der Waals surface area contributed by atoms with E-state index in [9.17, 15) is 22.6 Å². The van der Waals surface area contributed by atoms with E-state index >= 15 is 0 Å². The second-order valence-electron chi connectivity index (χ2n) is 6.03. The molecule has 0 spiro atoms. The quantitative estimate of drug-likeness (QED) is 0.640. The fourth-order valence-electron chi connectivity index (χ4n) is 2.75. The molecular weight excluding hydrogens is 346 g/mol. The maximum Gasteiger partial charge on any atom is 0.491 e. The predicted molar refractivity (Wildman–Crippen MR) is 91.0 cm³/mol. The summed E-state index contributed by atoms with van der Waals surface area (Å²) in [6.45, 7) is 0.120. The van der Waals surface area contributed by atoms with Crippen molar-refractivity contribution in [2.24, 2.45) is 0 Å². The van der Waals surface area contributed by atoms with Gasteiger partial charge in [0.15, 0.2) is 15.6 Å². The molecule has 0 unspecified atom stereocenters. The molecule has 5 nitrogen and oxygen atoms in total. The maximum atomic E-state index is 14.1. The van der Waals surface area contributed by atoms with Crippen molar-refractivity contribution in [3.8, 4) is 0 Å². The lowest BCUT2D eigenvalue weighted by atomic mass is 9.78. The van der Waals surface area contributed by atoms with E-state index < -0.39 is 22.8 Å². The molecule has 2 aromatic carbocycles. The van der Waals surface area contributed by atoms with E-state index in [1.54, 1.807) is 12.1 Å². The number of hydrogen-bond donors (Lipinski definition) is 1. The van der Waals surface area contributed by atoms with Crippen LogP contribution < -0.4 is 5.46 Å². The molecule has 0 atom stereocenters. The van der Waals surface area contributed by atoms with Crippen LogP contribution in [0.15, 0.2) is 41.3 Å². The van der Waals surface area contributed by atoms with Gasteiger partial charge in [0.1, 0.15) is 5.82 Å². The fraction of sp³-hybridized carbons (Fsp3) is 0.235. The monoisotopic (exact) mass is 362 g/mol. The van der Waals surface area contributed by atoms with E-state index in [4.69, 9.17) is 4.65 Å². The van der Waals surface area contributed by atoms with Crippen LogP contribution in [0.3, 0.4) is 0 Å². The molecule has 3 rings (SSSR count). The van der Waals surface area contributed by atoms with Gasteiger partial charge in [-0.2, -0.15) is 0 Å². The van der Waals surface area contributed by atoms with E-state index in [0.717, 1.165) is 11.8 Å². The van der Waals surface area contributed by atoms with Crippen LogP contribution in [0, 0.1) is 5.82 Å². The summed E-state index contributed by atoms with van der Waals surface area (Å²) in [6, 6.07) is 8.81. The molecule has 0 fully saturated rings. The minimum absolute atomic E-state index is 0.0731. The van der Waals surface area contributed by atoms with Gasteiger partial charge >= 0.3 is 7.12 Å². The summed E-state index contributed by atoms with van der Waals surface area (Å²) in [6.07, 6.45) is 1.56. The Bertz CT molecular complexity index is 925. The molecule has 0 saturated carbocycles. The highest BCUT2D eigenvalue weighted by Gasteiger charge is 2.29. The van der Waals surface area contributed by atoms with Crippen molar-refractivity contribution < 1.29 is 27.3 Å². The van der Waals surface area contributed by atoms with E-state index in [0.29, 0.717) is 17.4 Å². The van der Waals surface area contributed by atoms with Crippen molar-refractivity contribution in [3.05, 3.63) is 58.9 Å². The molecule has 0 bridgehead atoms. The Kier molecular flexibility index (Phi) is 4.77. The van der Waals surface area contributed by atoms with Gasteiger partial charge in [-0.05, 0) is 47.3 Å². The Hall–Kier alpha value is -2.03. The molecular formula is C17H16BFO5S. The van der Waals surface area contributed by atoms with Crippen molar-refractivity contribution in [2.75, 3.05) is 6.26 Å². The number of aryl methyl sites for hydroxylation is 1. The average Bonchev–Trinajstić information content (AvgIpc) is 2.91. The van der Waals surface area contributed by atoms with Gasteiger partial charge in [0.2, 0.25) is 0 Å². The molecule has 25 heavy (non-hydrogen) atoms. The lowest BCUT2D eigenvalue weighted by Crippen LogP contribution is -2.29. The van der Waals surface area contributed by atoms with Gasteiger partial charge in [-0.1, -0.05) is 12.1 Å². The number of rotatable bonds is 5. The second-order valence-corrected chi connectivity index (χ2v) is 8.05. The highest BCUT2D eigenvalue weighted by molar-refractivity contribution is 7.90. The summed E-state index contributed by atoms with van der Waals surface area (Å²) < 4.78 is 42.0. The first-order chi connectivity index (χ1) is 11.8. The molecule has 130 valence electrons. The Labute approximate surface area is 145 Å². The zero-order valence-electron chi connectivity index (χ0n) is 13.5. The Morgan fingerprint density at radius 2 is 1.96 bits per heavy atom. The summed E-state index contributed by atoms with van der Waals surface area (Å²) in [5.74, 6) is -1.01. The maximum absolute atomic E-state index is 14.1. The third-order valence-corrected chi connectivity index (χ3v) is 5.31. The third-order valence-electron chi connectivity index (χ3n) is 4.18. The molecule has 1 aliphatic heterocycles. The SMILES string of the molecule is CS(=O)(=O)c1ccc(CCC(=O)c2cc3c(cc2F)COB3O)cc1. The molecule has 1 aliphatic rings. The number of carbonyl (C=O) groups excluding carboxylic acids is 1. The largest absolute Gasteiger partial charge is 0.491 e. The number of carbonyl (C=O) groups is 1. The molecule has 0 amide bonds. The van der Waals surface area contributed by atoms with Gasteiger partial charge in [-0.3, -0.25) is 4.79 Å². The fourth-order valence-corrected chi connectivity index (χ4v) is 3.38. The number of hydrogen-bond acceptors (Lipinski definition) is 5. The normalized spacial score (nSPS) is 13.8. The van der Waals surface area contributed by atoms with Crippen molar-refractivity contribution in [1.29, 1.82) is 0 Å². The van der Waals surface area contributed by atoms with Gasteiger partial charge in [0, 0.05) is 12.7 Å². The van der Waals surface area contributed by atoms with Crippen molar-refractivity contribution in [1.82, 2.24) is 0 Å². The van der Waals surface area contributed by atoms with Crippen LogP contribution >= 0.6 is 0 Å². The first-order valence-electron chi connectivity index (χ1n) is 7.70. The van der Waals surface area contributed by atoms with Crippen LogP contribution in [0.25, 0.3) is 0 Å². The first kappa shape index (κ1) is 17.8. The Balaban J connectivity index is 1.72. The minimum atomic E-state index is -3.26. The Morgan fingerprint density at radius 3 is 2.60 bits per heavy atom. The summed E-state index contributed by atoms with van der Waals surface area (Å²) >= 11 is 0. The van der Waals surface area contributed by atoms with Crippen LogP contribution in [0.1, 0.15) is 27.9 Å². The first-order valence-corrected chi connectivity index (χ1v) is 9.59. The van der Waals surface area contributed by atoms with Crippen molar-refractivity contribution in [3.63, 3.8) is 0 Å². The molecule has 0 radical (unpaired) electrons. The van der Waals surface area contributed by atoms with Crippen LogP contribution in [0.2, 0.25) is 0 Å². The second kappa shape index (κ2) is 6.70. The van der Waals surface area contributed by atoms with Crippen molar-refractivity contribution >= 4 is 28.2 Å². The molecule has 1 N–H and O–H groups in total. The van der Waals surface area contributed by atoms with E-state index in [-0.39, 0.29) is 29.3 Å². The van der Waals surface area contributed by atoms with E-state index in [1.807, 2.05) is 0 Å². The number of halogens is 1. The molecule has 0 aromatic heterocycles. The minimum Gasteiger partial charge on any atom is -0.423 e. The molecule has 2 aromatic rings. The number of ketones is 1.